The van der Waals surface area contributed by atoms with Crippen LogP contribution < -0.4 is 5.56 Å². The third kappa shape index (κ3) is 1.99. The second kappa shape index (κ2) is 4.44. The maximum Gasteiger partial charge on any atom is 0.279 e. The summed E-state index contributed by atoms with van der Waals surface area (Å²) >= 11 is 0. The summed E-state index contributed by atoms with van der Waals surface area (Å²) in [5.41, 5.74) is 1.57. The van der Waals surface area contributed by atoms with Crippen molar-refractivity contribution in [2.45, 2.75) is 18.9 Å². The molecule has 0 unspecified atom stereocenters. The van der Waals surface area contributed by atoms with E-state index in [2.05, 4.69) is 15.0 Å². The largest absolute Gasteiger partial charge is 0.286 e. The van der Waals surface area contributed by atoms with E-state index in [1.54, 1.807) is 22.9 Å². The van der Waals surface area contributed by atoms with Gasteiger partial charge in [-0.2, -0.15) is 0 Å². The fraction of sp³-hybridized carbons (Fsp3) is 0.200. The van der Waals surface area contributed by atoms with Gasteiger partial charge in [0.2, 0.25) is 0 Å². The topological polar surface area (TPSA) is 60.7 Å². The molecule has 2 heterocycles. The molecule has 0 amide bonds. The van der Waals surface area contributed by atoms with E-state index in [-0.39, 0.29) is 17.3 Å². The van der Waals surface area contributed by atoms with Gasteiger partial charge in [0, 0.05) is 11.6 Å². The second-order valence-corrected chi connectivity index (χ2v) is 5.11. The lowest BCUT2D eigenvalue weighted by Crippen LogP contribution is -2.23. The Bertz CT molecular complexity index is 902. The Morgan fingerprint density at radius 2 is 2.14 bits per heavy atom. The Morgan fingerprint density at radius 1 is 1.29 bits per heavy atom. The number of fused-ring (bicyclic) bond motifs is 1. The van der Waals surface area contributed by atoms with Crippen molar-refractivity contribution in [2.75, 3.05) is 0 Å². The molecule has 1 fully saturated rings. The van der Waals surface area contributed by atoms with E-state index in [4.69, 9.17) is 0 Å². The molecule has 2 aromatic heterocycles. The van der Waals surface area contributed by atoms with Gasteiger partial charge < -0.3 is 0 Å². The normalized spacial score (nSPS) is 14.5. The second-order valence-electron chi connectivity index (χ2n) is 5.11. The first-order valence-electron chi connectivity index (χ1n) is 6.72. The molecule has 0 saturated heterocycles. The minimum absolute atomic E-state index is 0.158. The van der Waals surface area contributed by atoms with Crippen LogP contribution in [-0.4, -0.2) is 19.5 Å². The number of hydrogen-bond donors (Lipinski definition) is 0. The maximum atomic E-state index is 13.4. The molecule has 0 atom stereocenters. The van der Waals surface area contributed by atoms with Crippen LogP contribution in [0.1, 0.15) is 18.9 Å². The van der Waals surface area contributed by atoms with Crippen LogP contribution in [0.4, 0.5) is 4.39 Å². The molecule has 1 aliphatic rings. The van der Waals surface area contributed by atoms with Crippen molar-refractivity contribution < 1.29 is 4.39 Å². The standard InChI is InChI=1S/C15H11FN4O/c16-10-3-1-2-9(6-10)13-15(21)20(11-4-5-11)14-12(19-13)7-17-8-18-14/h1-3,6-8,11H,4-5H2. The van der Waals surface area contributed by atoms with Crippen LogP contribution in [0.15, 0.2) is 41.6 Å². The van der Waals surface area contributed by atoms with Gasteiger partial charge in [0.05, 0.1) is 6.20 Å². The highest BCUT2D eigenvalue weighted by molar-refractivity contribution is 5.73. The van der Waals surface area contributed by atoms with Crippen molar-refractivity contribution in [3.8, 4) is 11.3 Å². The first-order chi connectivity index (χ1) is 10.2. The summed E-state index contributed by atoms with van der Waals surface area (Å²) in [4.78, 5) is 25.1. The number of nitrogens with zero attached hydrogens (tertiary/aromatic N) is 4. The summed E-state index contributed by atoms with van der Waals surface area (Å²) in [5, 5.41) is 0. The summed E-state index contributed by atoms with van der Waals surface area (Å²) in [5.74, 6) is -0.393. The highest BCUT2D eigenvalue weighted by Gasteiger charge is 2.28. The molecule has 0 aliphatic heterocycles. The van der Waals surface area contributed by atoms with Gasteiger partial charge in [-0.1, -0.05) is 12.1 Å². The first kappa shape index (κ1) is 12.1. The highest BCUT2D eigenvalue weighted by atomic mass is 19.1. The molecular formula is C15H11FN4O. The lowest BCUT2D eigenvalue weighted by molar-refractivity contribution is 0.628. The number of hydrogen-bond acceptors (Lipinski definition) is 4. The lowest BCUT2D eigenvalue weighted by atomic mass is 10.1. The average Bonchev–Trinajstić information content (AvgIpc) is 3.31. The smallest absolute Gasteiger partial charge is 0.279 e. The van der Waals surface area contributed by atoms with E-state index >= 15 is 0 Å². The van der Waals surface area contributed by atoms with E-state index < -0.39 is 5.82 Å². The van der Waals surface area contributed by atoms with Gasteiger partial charge in [-0.05, 0) is 25.0 Å². The van der Waals surface area contributed by atoms with E-state index in [1.165, 1.54) is 18.5 Å². The zero-order chi connectivity index (χ0) is 14.4. The molecule has 3 aromatic rings. The summed E-state index contributed by atoms with van der Waals surface area (Å²) in [7, 11) is 0. The van der Waals surface area contributed by atoms with Gasteiger partial charge in [0.25, 0.3) is 5.56 Å². The molecule has 0 radical (unpaired) electrons. The van der Waals surface area contributed by atoms with Gasteiger partial charge in [-0.3, -0.25) is 9.36 Å². The monoisotopic (exact) mass is 282 g/mol. The van der Waals surface area contributed by atoms with Crippen LogP contribution in [0.3, 0.4) is 0 Å². The zero-order valence-corrected chi connectivity index (χ0v) is 11.0. The molecular weight excluding hydrogens is 271 g/mol. The van der Waals surface area contributed by atoms with Crippen LogP contribution >= 0.6 is 0 Å². The predicted octanol–water partition coefficient (Wildman–Crippen LogP) is 2.33. The van der Waals surface area contributed by atoms with Crippen molar-refractivity contribution in [3.05, 3.63) is 53.0 Å². The molecule has 104 valence electrons. The number of aromatic nitrogens is 4. The van der Waals surface area contributed by atoms with Crippen LogP contribution in [0, 0.1) is 5.82 Å². The molecule has 0 spiro atoms. The van der Waals surface area contributed by atoms with Crippen LogP contribution in [0.25, 0.3) is 22.4 Å². The Hall–Kier alpha value is -2.63. The summed E-state index contributed by atoms with van der Waals surface area (Å²) in [6.07, 6.45) is 4.88. The molecule has 1 aromatic carbocycles. The van der Waals surface area contributed by atoms with Gasteiger partial charge in [0.1, 0.15) is 23.4 Å². The van der Waals surface area contributed by atoms with Crippen molar-refractivity contribution in [1.29, 1.82) is 0 Å². The van der Waals surface area contributed by atoms with Crippen molar-refractivity contribution in [1.82, 2.24) is 19.5 Å². The van der Waals surface area contributed by atoms with Gasteiger partial charge in [-0.25, -0.2) is 19.3 Å². The molecule has 0 bridgehead atoms. The molecule has 0 N–H and O–H groups in total. The third-order valence-corrected chi connectivity index (χ3v) is 3.56. The molecule has 5 nitrogen and oxygen atoms in total. The number of rotatable bonds is 2. The molecule has 1 aliphatic carbocycles. The van der Waals surface area contributed by atoms with Gasteiger partial charge in [-0.15, -0.1) is 0 Å². The molecule has 21 heavy (non-hydrogen) atoms. The van der Waals surface area contributed by atoms with Crippen LogP contribution in [0.5, 0.6) is 0 Å². The highest BCUT2D eigenvalue weighted by Crippen LogP contribution is 2.35. The van der Waals surface area contributed by atoms with Gasteiger partial charge >= 0.3 is 0 Å². The van der Waals surface area contributed by atoms with Crippen molar-refractivity contribution in [2.24, 2.45) is 0 Å². The van der Waals surface area contributed by atoms with E-state index in [1.807, 2.05) is 0 Å². The Labute approximate surface area is 119 Å². The SMILES string of the molecule is O=c1c(-c2cccc(F)c2)nc2cncnc2n1C1CC1. The van der Waals surface area contributed by atoms with E-state index in [0.29, 0.717) is 16.7 Å². The minimum atomic E-state index is -0.393. The fourth-order valence-electron chi connectivity index (χ4n) is 2.45. The van der Waals surface area contributed by atoms with E-state index in [0.717, 1.165) is 12.8 Å². The Kier molecular flexibility index (Phi) is 2.57. The van der Waals surface area contributed by atoms with Crippen LogP contribution in [0.2, 0.25) is 0 Å². The van der Waals surface area contributed by atoms with Crippen molar-refractivity contribution in [3.63, 3.8) is 0 Å². The summed E-state index contributed by atoms with van der Waals surface area (Å²) in [6, 6.07) is 6.06. The van der Waals surface area contributed by atoms with Gasteiger partial charge in [0.15, 0.2) is 5.65 Å². The summed E-state index contributed by atoms with van der Waals surface area (Å²) < 4.78 is 15.1. The molecule has 6 heteroatoms. The quantitative estimate of drug-likeness (QED) is 0.723. The first-order valence-corrected chi connectivity index (χ1v) is 6.72. The Morgan fingerprint density at radius 3 is 2.90 bits per heavy atom. The average molecular weight is 282 g/mol. The molecule has 4 rings (SSSR count). The predicted molar refractivity (Wildman–Crippen MR) is 75.3 cm³/mol. The van der Waals surface area contributed by atoms with Crippen molar-refractivity contribution >= 4 is 11.2 Å². The summed E-state index contributed by atoms with van der Waals surface area (Å²) in [6.45, 7) is 0. The van der Waals surface area contributed by atoms with E-state index in [9.17, 15) is 9.18 Å². The minimum Gasteiger partial charge on any atom is -0.286 e. The maximum absolute atomic E-state index is 13.4. The third-order valence-electron chi connectivity index (χ3n) is 3.56. The molecule has 1 saturated carbocycles. The number of benzene rings is 1. The lowest BCUT2D eigenvalue weighted by Gasteiger charge is -2.10. The number of halogens is 1. The van der Waals surface area contributed by atoms with Crippen LogP contribution in [-0.2, 0) is 0 Å². The Balaban J connectivity index is 2.06. The fourth-order valence-corrected chi connectivity index (χ4v) is 2.45. The zero-order valence-electron chi connectivity index (χ0n) is 11.0.